The number of hydrogen-bond donors (Lipinski definition) is 1. The number of carbonyl (C=O) groups is 1. The lowest BCUT2D eigenvalue weighted by molar-refractivity contribution is -0.148. The maximum Gasteiger partial charge on any atom is 0.664 e. The van der Waals surface area contributed by atoms with Gasteiger partial charge < -0.3 is 4.74 Å². The van der Waals surface area contributed by atoms with Gasteiger partial charge in [-0.25, -0.2) is 4.52 Å². The van der Waals surface area contributed by atoms with E-state index in [1.54, 1.807) is 39.8 Å². The standard InChI is InChI=1S/C12H21NO4P/c1-6-7-8-10(4)17-18(15)13-11(5)12(14)16-9(2)3/h6-9,11H,1-5H3,(H,13,15)/q+1/b7-6-,10-8+/t11-/m0/s1. The Balaban J connectivity index is 4.19. The molecule has 0 aromatic heterocycles. The fraction of sp³-hybridized carbons (Fsp3) is 0.583. The van der Waals surface area contributed by atoms with Crippen LogP contribution in [0.15, 0.2) is 24.0 Å². The summed E-state index contributed by atoms with van der Waals surface area (Å²) in [6.07, 6.45) is 5.09. The molecule has 0 aliphatic carbocycles. The van der Waals surface area contributed by atoms with Crippen molar-refractivity contribution in [2.24, 2.45) is 0 Å². The Morgan fingerprint density at radius 1 is 1.33 bits per heavy atom. The lowest BCUT2D eigenvalue weighted by atomic mass is 10.4. The highest BCUT2D eigenvalue weighted by molar-refractivity contribution is 7.36. The average Bonchev–Trinajstić information content (AvgIpc) is 2.24. The molecule has 0 spiro atoms. The number of nitrogens with one attached hydrogen (secondary N) is 1. The van der Waals surface area contributed by atoms with Gasteiger partial charge in [0.25, 0.3) is 0 Å². The van der Waals surface area contributed by atoms with Gasteiger partial charge in [-0.2, -0.15) is 0 Å². The molecule has 0 saturated carbocycles. The molecule has 0 aliphatic rings. The lowest BCUT2D eigenvalue weighted by Crippen LogP contribution is -2.32. The first kappa shape index (κ1) is 16.8. The van der Waals surface area contributed by atoms with E-state index in [4.69, 9.17) is 9.26 Å². The minimum atomic E-state index is -2.14. The molecule has 0 rings (SSSR count). The van der Waals surface area contributed by atoms with Crippen molar-refractivity contribution >= 4 is 14.1 Å². The van der Waals surface area contributed by atoms with Crippen LogP contribution in [0.2, 0.25) is 0 Å². The first-order chi connectivity index (χ1) is 8.36. The van der Waals surface area contributed by atoms with Crippen LogP contribution in [0.25, 0.3) is 0 Å². The van der Waals surface area contributed by atoms with Gasteiger partial charge in [0, 0.05) is 4.57 Å². The van der Waals surface area contributed by atoms with Crippen LogP contribution >= 0.6 is 8.18 Å². The molecule has 102 valence electrons. The highest BCUT2D eigenvalue weighted by Gasteiger charge is 2.28. The predicted octanol–water partition coefficient (Wildman–Crippen LogP) is 3.07. The van der Waals surface area contributed by atoms with E-state index < -0.39 is 20.2 Å². The zero-order valence-corrected chi connectivity index (χ0v) is 12.4. The Labute approximate surface area is 109 Å². The van der Waals surface area contributed by atoms with E-state index in [0.717, 1.165) is 0 Å². The zero-order chi connectivity index (χ0) is 14.1. The van der Waals surface area contributed by atoms with Gasteiger partial charge in [0.05, 0.1) is 6.10 Å². The Morgan fingerprint density at radius 2 is 1.94 bits per heavy atom. The summed E-state index contributed by atoms with van der Waals surface area (Å²) in [5.41, 5.74) is 0. The van der Waals surface area contributed by atoms with Crippen LogP contribution in [0.4, 0.5) is 0 Å². The monoisotopic (exact) mass is 274 g/mol. The number of ether oxygens (including phenoxy) is 1. The zero-order valence-electron chi connectivity index (χ0n) is 11.5. The number of esters is 1. The smallest absolute Gasteiger partial charge is 0.462 e. The lowest BCUT2D eigenvalue weighted by Gasteiger charge is -2.10. The fourth-order valence-electron chi connectivity index (χ4n) is 0.964. The van der Waals surface area contributed by atoms with Crippen molar-refractivity contribution in [2.45, 2.75) is 46.8 Å². The summed E-state index contributed by atoms with van der Waals surface area (Å²) >= 11 is 0. The molecule has 0 heterocycles. The third-order valence-electron chi connectivity index (χ3n) is 1.75. The first-order valence-electron chi connectivity index (χ1n) is 5.78. The van der Waals surface area contributed by atoms with Gasteiger partial charge in [-0.3, -0.25) is 4.79 Å². The normalized spacial score (nSPS) is 14.8. The van der Waals surface area contributed by atoms with Crippen LogP contribution in [0.1, 0.15) is 34.6 Å². The topological polar surface area (TPSA) is 64.6 Å². The van der Waals surface area contributed by atoms with E-state index in [2.05, 4.69) is 5.09 Å². The number of rotatable bonds is 7. The summed E-state index contributed by atoms with van der Waals surface area (Å²) in [6, 6.07) is -0.675. The first-order valence-corrected chi connectivity index (χ1v) is 6.96. The molecule has 0 bridgehead atoms. The molecule has 0 saturated heterocycles. The van der Waals surface area contributed by atoms with Crippen molar-refractivity contribution in [3.05, 3.63) is 24.0 Å². The third kappa shape index (κ3) is 7.98. The largest absolute Gasteiger partial charge is 0.664 e. The maximum absolute atomic E-state index is 11.6. The van der Waals surface area contributed by atoms with E-state index >= 15 is 0 Å². The molecule has 5 nitrogen and oxygen atoms in total. The average molecular weight is 274 g/mol. The van der Waals surface area contributed by atoms with Crippen LogP contribution in [-0.4, -0.2) is 18.1 Å². The van der Waals surface area contributed by atoms with E-state index in [1.807, 2.05) is 13.0 Å². The van der Waals surface area contributed by atoms with Crippen LogP contribution in [0, 0.1) is 0 Å². The van der Waals surface area contributed by atoms with E-state index in [-0.39, 0.29) is 6.10 Å². The molecule has 0 aromatic carbocycles. The van der Waals surface area contributed by atoms with Crippen LogP contribution in [0.3, 0.4) is 0 Å². The second-order valence-corrected chi connectivity index (χ2v) is 4.94. The van der Waals surface area contributed by atoms with E-state index in [1.165, 1.54) is 0 Å². The predicted molar refractivity (Wildman–Crippen MR) is 71.1 cm³/mol. The molecule has 18 heavy (non-hydrogen) atoms. The van der Waals surface area contributed by atoms with E-state index in [9.17, 15) is 9.36 Å². The van der Waals surface area contributed by atoms with Crippen molar-refractivity contribution in [1.82, 2.24) is 5.09 Å². The Kier molecular flexibility index (Phi) is 8.25. The molecule has 6 heteroatoms. The SMILES string of the molecule is C/C=C\C=C(/C)O[P+](=O)N[C@@H](C)C(=O)OC(C)C. The molecular formula is C12H21NO4P+. The highest BCUT2D eigenvalue weighted by atomic mass is 31.1. The van der Waals surface area contributed by atoms with Crippen molar-refractivity contribution in [2.75, 3.05) is 0 Å². The number of hydrogen-bond acceptors (Lipinski definition) is 4. The third-order valence-corrected chi connectivity index (χ3v) is 2.81. The van der Waals surface area contributed by atoms with Crippen LogP contribution in [-0.2, 0) is 18.6 Å². The fourth-order valence-corrected chi connectivity index (χ4v) is 1.76. The quantitative estimate of drug-likeness (QED) is 0.334. The van der Waals surface area contributed by atoms with E-state index in [0.29, 0.717) is 5.76 Å². The van der Waals surface area contributed by atoms with Crippen LogP contribution in [0.5, 0.6) is 0 Å². The molecule has 2 atom stereocenters. The van der Waals surface area contributed by atoms with Crippen molar-refractivity contribution in [1.29, 1.82) is 0 Å². The van der Waals surface area contributed by atoms with Crippen molar-refractivity contribution in [3.63, 3.8) is 0 Å². The van der Waals surface area contributed by atoms with Gasteiger partial charge in [-0.15, -0.1) is 0 Å². The van der Waals surface area contributed by atoms with Gasteiger partial charge in [0.2, 0.25) is 0 Å². The van der Waals surface area contributed by atoms with Crippen molar-refractivity contribution in [3.8, 4) is 0 Å². The summed E-state index contributed by atoms with van der Waals surface area (Å²) in [5.74, 6) is 0.0539. The Bertz CT molecular complexity index is 350. The molecular weight excluding hydrogens is 253 g/mol. The Hall–Kier alpha value is -1.19. The summed E-state index contributed by atoms with van der Waals surface area (Å²) < 4.78 is 21.6. The number of allylic oxidation sites excluding steroid dienone is 4. The maximum atomic E-state index is 11.6. The second kappa shape index (κ2) is 8.84. The minimum absolute atomic E-state index is 0.197. The summed E-state index contributed by atoms with van der Waals surface area (Å²) in [4.78, 5) is 11.5. The highest BCUT2D eigenvalue weighted by Crippen LogP contribution is 2.22. The summed E-state index contributed by atoms with van der Waals surface area (Å²) in [7, 11) is -2.14. The van der Waals surface area contributed by atoms with Gasteiger partial charge in [0.15, 0.2) is 5.76 Å². The van der Waals surface area contributed by atoms with Gasteiger partial charge >= 0.3 is 14.1 Å². The van der Waals surface area contributed by atoms with Gasteiger partial charge in [0.1, 0.15) is 6.04 Å². The molecule has 1 unspecified atom stereocenters. The van der Waals surface area contributed by atoms with Crippen molar-refractivity contribution < 1.29 is 18.6 Å². The molecule has 0 fully saturated rings. The second-order valence-electron chi connectivity index (χ2n) is 3.99. The molecule has 0 aliphatic heterocycles. The Morgan fingerprint density at radius 3 is 2.44 bits per heavy atom. The molecule has 0 aromatic rings. The summed E-state index contributed by atoms with van der Waals surface area (Å²) in [6.45, 7) is 8.64. The van der Waals surface area contributed by atoms with Crippen LogP contribution < -0.4 is 5.09 Å². The van der Waals surface area contributed by atoms with Gasteiger partial charge in [-0.1, -0.05) is 17.2 Å². The summed E-state index contributed by atoms with van der Waals surface area (Å²) in [5, 5.41) is 2.54. The minimum Gasteiger partial charge on any atom is -0.462 e. The van der Waals surface area contributed by atoms with Gasteiger partial charge in [-0.05, 0) is 40.7 Å². The molecule has 0 amide bonds. The molecule has 1 N–H and O–H groups in total. The number of carbonyl (C=O) groups excluding carboxylic acids is 1. The molecule has 0 radical (unpaired) electrons.